The molecule has 0 bridgehead atoms. The number of carbonyl (C=O) groups excluding carboxylic acids is 1. The van der Waals surface area contributed by atoms with E-state index in [4.69, 9.17) is 5.84 Å². The molecule has 0 radical (unpaired) electrons. The zero-order chi connectivity index (χ0) is 16.0. The largest absolute Gasteiger partial charge is 0.349 e. The molecule has 0 fully saturated rings. The highest BCUT2D eigenvalue weighted by atomic mass is 32.2. The number of amides is 1. The van der Waals surface area contributed by atoms with Crippen LogP contribution in [0.2, 0.25) is 0 Å². The minimum Gasteiger partial charge on any atom is -0.349 e. The van der Waals surface area contributed by atoms with Gasteiger partial charge in [-0.15, -0.1) is 0 Å². The fraction of sp³-hybridized carbons (Fsp3) is 0.545. The van der Waals surface area contributed by atoms with Gasteiger partial charge in [0.15, 0.2) is 5.69 Å². The first-order valence-corrected chi connectivity index (χ1v) is 8.20. The van der Waals surface area contributed by atoms with E-state index < -0.39 is 15.9 Å². The van der Waals surface area contributed by atoms with Crippen molar-refractivity contribution in [2.75, 3.05) is 24.8 Å². The molecule has 0 aliphatic heterocycles. The van der Waals surface area contributed by atoms with Crippen LogP contribution in [0.3, 0.4) is 0 Å². The molecule has 0 saturated heterocycles. The number of nitrogen functional groups attached to an aromatic ring is 1. The summed E-state index contributed by atoms with van der Waals surface area (Å²) in [6.45, 7) is 4.04. The number of hydrogen-bond acceptors (Lipinski definition) is 7. The smallest absolute Gasteiger partial charge is 0.272 e. The quantitative estimate of drug-likeness (QED) is 0.292. The molecule has 1 heterocycles. The van der Waals surface area contributed by atoms with Gasteiger partial charge in [0.2, 0.25) is 10.0 Å². The average molecular weight is 316 g/mol. The SMILES string of the molecule is CC(C)c1ncc(NN)c(C(=O)NCCNS(C)(=O)=O)n1. The van der Waals surface area contributed by atoms with Gasteiger partial charge in [0, 0.05) is 19.0 Å². The molecule has 1 aromatic heterocycles. The number of nitrogens with zero attached hydrogens (tertiary/aromatic N) is 2. The third-order valence-corrected chi connectivity index (χ3v) is 3.20. The number of anilines is 1. The zero-order valence-electron chi connectivity index (χ0n) is 12.2. The number of aromatic nitrogens is 2. The molecule has 5 N–H and O–H groups in total. The van der Waals surface area contributed by atoms with Crippen LogP contribution in [0.1, 0.15) is 36.1 Å². The number of rotatable bonds is 7. The van der Waals surface area contributed by atoms with Crippen molar-refractivity contribution in [1.82, 2.24) is 20.0 Å². The molecule has 0 aromatic carbocycles. The summed E-state index contributed by atoms with van der Waals surface area (Å²) in [6.07, 6.45) is 2.48. The van der Waals surface area contributed by atoms with Crippen molar-refractivity contribution < 1.29 is 13.2 Å². The second-order valence-corrected chi connectivity index (χ2v) is 6.54. The molecule has 1 aromatic rings. The standard InChI is InChI=1S/C11H20N6O3S/c1-7(2)10-14-6-8(17-12)9(16-10)11(18)13-4-5-15-21(3,19)20/h6-7,15,17H,4-5,12H2,1-3H3,(H,13,18). The molecule has 9 nitrogen and oxygen atoms in total. The molecule has 118 valence electrons. The Bertz CT molecular complexity index is 602. The normalized spacial score (nSPS) is 11.5. The molecule has 21 heavy (non-hydrogen) atoms. The van der Waals surface area contributed by atoms with Crippen LogP contribution < -0.4 is 21.3 Å². The number of nitrogens with two attached hydrogens (primary N) is 1. The number of hydrogen-bond donors (Lipinski definition) is 4. The Morgan fingerprint density at radius 1 is 1.38 bits per heavy atom. The van der Waals surface area contributed by atoms with Crippen LogP contribution in [0, 0.1) is 0 Å². The summed E-state index contributed by atoms with van der Waals surface area (Å²) < 4.78 is 24.1. The minimum absolute atomic E-state index is 0.0651. The van der Waals surface area contributed by atoms with Crippen LogP contribution in [0.15, 0.2) is 6.20 Å². The second-order valence-electron chi connectivity index (χ2n) is 4.71. The first kappa shape index (κ1) is 17.3. The van der Waals surface area contributed by atoms with Crippen LogP contribution in [0.25, 0.3) is 0 Å². The van der Waals surface area contributed by atoms with Crippen LogP contribution in [-0.2, 0) is 10.0 Å². The molecule has 10 heteroatoms. The van der Waals surface area contributed by atoms with Gasteiger partial charge < -0.3 is 10.7 Å². The number of carbonyl (C=O) groups is 1. The molecule has 1 rings (SSSR count). The van der Waals surface area contributed by atoms with Crippen molar-refractivity contribution >= 4 is 21.6 Å². The zero-order valence-corrected chi connectivity index (χ0v) is 13.0. The number of sulfonamides is 1. The molecule has 0 spiro atoms. The summed E-state index contributed by atoms with van der Waals surface area (Å²) in [5.74, 6) is 5.46. The lowest BCUT2D eigenvalue weighted by Gasteiger charge is -2.11. The van der Waals surface area contributed by atoms with Crippen molar-refractivity contribution in [1.29, 1.82) is 0 Å². The lowest BCUT2D eigenvalue weighted by molar-refractivity contribution is 0.0949. The first-order valence-electron chi connectivity index (χ1n) is 6.31. The minimum atomic E-state index is -3.28. The van der Waals surface area contributed by atoms with Gasteiger partial charge in [-0.25, -0.2) is 23.1 Å². The molecular formula is C11H20N6O3S. The van der Waals surface area contributed by atoms with Gasteiger partial charge in [-0.3, -0.25) is 10.6 Å². The predicted octanol–water partition coefficient (Wildman–Crippen LogP) is -0.835. The monoisotopic (exact) mass is 316 g/mol. The fourth-order valence-electron chi connectivity index (χ4n) is 1.45. The Hall–Kier alpha value is -1.78. The van der Waals surface area contributed by atoms with E-state index in [1.165, 1.54) is 6.20 Å². The molecule has 0 atom stereocenters. The highest BCUT2D eigenvalue weighted by molar-refractivity contribution is 7.88. The summed E-state index contributed by atoms with van der Waals surface area (Å²) in [4.78, 5) is 20.3. The maximum Gasteiger partial charge on any atom is 0.272 e. The van der Waals surface area contributed by atoms with Crippen LogP contribution in [0.4, 0.5) is 5.69 Å². The molecule has 0 saturated carbocycles. The third kappa shape index (κ3) is 5.61. The van der Waals surface area contributed by atoms with Crippen molar-refractivity contribution in [3.63, 3.8) is 0 Å². The molecule has 0 unspecified atom stereocenters. The molecule has 0 aliphatic carbocycles. The lowest BCUT2D eigenvalue weighted by atomic mass is 10.2. The summed E-state index contributed by atoms with van der Waals surface area (Å²) in [6, 6.07) is 0. The van der Waals surface area contributed by atoms with Crippen LogP contribution in [-0.4, -0.2) is 43.6 Å². The van der Waals surface area contributed by atoms with E-state index in [9.17, 15) is 13.2 Å². The van der Waals surface area contributed by atoms with E-state index in [0.717, 1.165) is 6.26 Å². The summed E-state index contributed by atoms with van der Waals surface area (Å²) in [5.41, 5.74) is 2.78. The highest BCUT2D eigenvalue weighted by Crippen LogP contribution is 2.15. The van der Waals surface area contributed by atoms with Gasteiger partial charge in [0.1, 0.15) is 5.82 Å². The second kappa shape index (κ2) is 7.29. The lowest BCUT2D eigenvalue weighted by Crippen LogP contribution is -2.35. The summed E-state index contributed by atoms with van der Waals surface area (Å²) in [7, 11) is -3.28. The maximum absolute atomic E-state index is 12.0. The van der Waals surface area contributed by atoms with Crippen LogP contribution in [0.5, 0.6) is 0 Å². The van der Waals surface area contributed by atoms with E-state index >= 15 is 0 Å². The first-order chi connectivity index (χ1) is 9.74. The van der Waals surface area contributed by atoms with Crippen molar-refractivity contribution in [2.24, 2.45) is 5.84 Å². The van der Waals surface area contributed by atoms with E-state index in [1.54, 1.807) is 0 Å². The van der Waals surface area contributed by atoms with Crippen molar-refractivity contribution in [3.8, 4) is 0 Å². The number of hydrazine groups is 1. The van der Waals surface area contributed by atoms with E-state index in [0.29, 0.717) is 11.5 Å². The van der Waals surface area contributed by atoms with Crippen molar-refractivity contribution in [3.05, 3.63) is 17.7 Å². The van der Waals surface area contributed by atoms with Crippen LogP contribution >= 0.6 is 0 Å². The predicted molar refractivity (Wildman–Crippen MR) is 79.1 cm³/mol. The topological polar surface area (TPSA) is 139 Å². The Kier molecular flexibility index (Phi) is 6.00. The Morgan fingerprint density at radius 3 is 2.57 bits per heavy atom. The van der Waals surface area contributed by atoms with Crippen molar-refractivity contribution in [2.45, 2.75) is 19.8 Å². The van der Waals surface area contributed by atoms with Gasteiger partial charge in [-0.2, -0.15) is 0 Å². The fourth-order valence-corrected chi connectivity index (χ4v) is 1.92. The van der Waals surface area contributed by atoms with Gasteiger partial charge in [0.05, 0.1) is 18.1 Å². The van der Waals surface area contributed by atoms with Gasteiger partial charge in [0.25, 0.3) is 5.91 Å². The van der Waals surface area contributed by atoms with E-state index in [1.807, 2.05) is 13.8 Å². The van der Waals surface area contributed by atoms with Gasteiger partial charge in [-0.05, 0) is 0 Å². The molecule has 0 aliphatic rings. The highest BCUT2D eigenvalue weighted by Gasteiger charge is 2.15. The maximum atomic E-state index is 12.0. The van der Waals surface area contributed by atoms with Gasteiger partial charge >= 0.3 is 0 Å². The Balaban J connectivity index is 2.74. The van der Waals surface area contributed by atoms with E-state index in [2.05, 4.69) is 25.4 Å². The Morgan fingerprint density at radius 2 is 2.05 bits per heavy atom. The summed E-state index contributed by atoms with van der Waals surface area (Å²) >= 11 is 0. The summed E-state index contributed by atoms with van der Waals surface area (Å²) in [5, 5.41) is 2.56. The molecule has 1 amide bonds. The van der Waals surface area contributed by atoms with Gasteiger partial charge in [-0.1, -0.05) is 13.8 Å². The number of nitrogens with one attached hydrogen (secondary N) is 3. The third-order valence-electron chi connectivity index (χ3n) is 2.47. The average Bonchev–Trinajstić information content (AvgIpc) is 2.41. The Labute approximate surface area is 123 Å². The molecular weight excluding hydrogens is 296 g/mol. The van der Waals surface area contributed by atoms with E-state index in [-0.39, 0.29) is 24.7 Å².